The van der Waals surface area contributed by atoms with Gasteiger partial charge in [-0.2, -0.15) is 0 Å². The number of ketones is 2. The number of aliphatic carboxylic acids is 1. The number of benzene rings is 2. The molecule has 0 aromatic heterocycles. The van der Waals surface area contributed by atoms with Crippen LogP contribution in [0, 0.1) is 0 Å². The van der Waals surface area contributed by atoms with Gasteiger partial charge in [-0.3, -0.25) is 14.4 Å². The van der Waals surface area contributed by atoms with E-state index < -0.39 is 11.9 Å². The van der Waals surface area contributed by atoms with Crippen LogP contribution in [0.4, 0.5) is 0 Å². The fourth-order valence-corrected chi connectivity index (χ4v) is 6.41. The highest BCUT2D eigenvalue weighted by Gasteiger charge is 2.43. The molecular formula is C31H31Cl2NO6. The first-order valence-electron chi connectivity index (χ1n) is 13.6. The maximum atomic E-state index is 13.5. The maximum Gasteiger partial charge on any atom is 0.305 e. The molecule has 40 heavy (non-hydrogen) atoms. The molecule has 210 valence electrons. The molecule has 0 amide bonds. The van der Waals surface area contributed by atoms with Crippen LogP contribution in [0.25, 0.3) is 0 Å². The highest BCUT2D eigenvalue weighted by Crippen LogP contribution is 2.51. The Bertz CT molecular complexity index is 1380. The van der Waals surface area contributed by atoms with Gasteiger partial charge in [-0.15, -0.1) is 0 Å². The number of hydrogen-bond donors (Lipinski definition) is 1. The van der Waals surface area contributed by atoms with Gasteiger partial charge < -0.3 is 19.5 Å². The molecule has 0 saturated heterocycles. The molecule has 3 aliphatic rings. The van der Waals surface area contributed by atoms with Crippen molar-refractivity contribution in [3.8, 4) is 11.5 Å². The predicted molar refractivity (Wildman–Crippen MR) is 152 cm³/mol. The summed E-state index contributed by atoms with van der Waals surface area (Å²) >= 11 is 13.1. The first kappa shape index (κ1) is 28.2. The van der Waals surface area contributed by atoms with Gasteiger partial charge in [0.15, 0.2) is 23.1 Å². The Morgan fingerprint density at radius 3 is 2.20 bits per heavy atom. The molecule has 2 aromatic rings. The number of carbonyl (C=O) groups is 3. The Balaban J connectivity index is 1.61. The molecular weight excluding hydrogens is 553 g/mol. The lowest BCUT2D eigenvalue weighted by molar-refractivity contribution is -0.137. The van der Waals surface area contributed by atoms with Crippen molar-refractivity contribution in [1.82, 2.24) is 4.90 Å². The summed E-state index contributed by atoms with van der Waals surface area (Å²) in [6, 6.07) is 10.9. The van der Waals surface area contributed by atoms with Crippen LogP contribution in [0.1, 0.15) is 68.9 Å². The molecule has 1 aliphatic heterocycles. The van der Waals surface area contributed by atoms with Crippen molar-refractivity contribution in [2.75, 3.05) is 13.2 Å². The van der Waals surface area contributed by atoms with Crippen molar-refractivity contribution >= 4 is 40.7 Å². The smallest absolute Gasteiger partial charge is 0.305 e. The molecule has 0 unspecified atom stereocenters. The zero-order valence-corrected chi connectivity index (χ0v) is 23.8. The second-order valence-corrected chi connectivity index (χ2v) is 11.0. The molecule has 1 N–H and O–H groups in total. The van der Waals surface area contributed by atoms with Crippen molar-refractivity contribution in [3.05, 3.63) is 80.1 Å². The van der Waals surface area contributed by atoms with E-state index in [-0.39, 0.29) is 31.1 Å². The monoisotopic (exact) mass is 583 g/mol. The van der Waals surface area contributed by atoms with Gasteiger partial charge in [-0.05, 0) is 56.4 Å². The molecule has 2 aromatic carbocycles. The third kappa shape index (κ3) is 5.50. The number of carbonyl (C=O) groups excluding carboxylic acids is 2. The average molecular weight is 584 g/mol. The lowest BCUT2D eigenvalue weighted by Crippen LogP contribution is -2.39. The summed E-state index contributed by atoms with van der Waals surface area (Å²) in [5.41, 5.74) is 4.25. The number of Topliss-reactive ketones (excluding diaryl/α,β-unsaturated/α-hetero) is 2. The third-order valence-electron chi connectivity index (χ3n) is 7.63. The number of halogens is 2. The van der Waals surface area contributed by atoms with Crippen LogP contribution >= 0.6 is 23.2 Å². The van der Waals surface area contributed by atoms with Gasteiger partial charge >= 0.3 is 5.97 Å². The Morgan fingerprint density at radius 1 is 0.950 bits per heavy atom. The van der Waals surface area contributed by atoms with Crippen LogP contribution in [-0.4, -0.2) is 40.7 Å². The summed E-state index contributed by atoms with van der Waals surface area (Å²) in [4.78, 5) is 40.4. The molecule has 0 fully saturated rings. The van der Waals surface area contributed by atoms with E-state index >= 15 is 0 Å². The Kier molecular flexibility index (Phi) is 8.52. The molecule has 7 nitrogen and oxygen atoms in total. The number of allylic oxidation sites excluding steroid dienone is 4. The summed E-state index contributed by atoms with van der Waals surface area (Å²) in [5.74, 6) is -0.785. The number of hydrogen-bond acceptors (Lipinski definition) is 6. The van der Waals surface area contributed by atoms with E-state index in [1.807, 2.05) is 36.1 Å². The van der Waals surface area contributed by atoms with E-state index in [0.717, 1.165) is 17.0 Å². The average Bonchev–Trinajstić information content (AvgIpc) is 2.92. The number of ether oxygens (including phenoxy) is 2. The summed E-state index contributed by atoms with van der Waals surface area (Å²) in [6.07, 6.45) is 3.33. The number of carboxylic acid groups (broad SMARTS) is 1. The predicted octanol–water partition coefficient (Wildman–Crippen LogP) is 6.86. The largest absolute Gasteiger partial charge is 0.490 e. The molecule has 0 atom stereocenters. The van der Waals surface area contributed by atoms with Gasteiger partial charge in [-0.25, -0.2) is 0 Å². The molecule has 0 bridgehead atoms. The number of rotatable bonds is 9. The lowest BCUT2D eigenvalue weighted by Gasteiger charge is -2.44. The van der Waals surface area contributed by atoms with Crippen molar-refractivity contribution in [2.45, 2.75) is 64.4 Å². The molecule has 5 rings (SSSR count). The van der Waals surface area contributed by atoms with Crippen LogP contribution < -0.4 is 9.47 Å². The zero-order valence-electron chi connectivity index (χ0n) is 22.3. The molecule has 0 radical (unpaired) electrons. The number of carboxylic acids is 1. The van der Waals surface area contributed by atoms with E-state index in [4.69, 9.17) is 32.7 Å². The Hall–Kier alpha value is -3.29. The topological polar surface area (TPSA) is 93.1 Å². The first-order valence-corrected chi connectivity index (χ1v) is 14.4. The quantitative estimate of drug-likeness (QED) is 0.344. The van der Waals surface area contributed by atoms with Gasteiger partial charge in [0.25, 0.3) is 0 Å². The van der Waals surface area contributed by atoms with Gasteiger partial charge in [0, 0.05) is 58.4 Å². The highest BCUT2D eigenvalue weighted by molar-refractivity contribution is 6.32. The Labute approximate surface area is 243 Å². The molecule has 0 spiro atoms. The minimum atomic E-state index is -0.920. The Morgan fingerprint density at radius 2 is 1.60 bits per heavy atom. The summed E-state index contributed by atoms with van der Waals surface area (Å²) in [6.45, 7) is 2.62. The van der Waals surface area contributed by atoms with Crippen LogP contribution in [0.5, 0.6) is 11.5 Å². The second kappa shape index (κ2) is 12.1. The van der Waals surface area contributed by atoms with Crippen molar-refractivity contribution in [1.29, 1.82) is 0 Å². The van der Waals surface area contributed by atoms with Crippen LogP contribution in [0.2, 0.25) is 10.0 Å². The van der Waals surface area contributed by atoms with E-state index in [9.17, 15) is 19.5 Å². The summed E-state index contributed by atoms with van der Waals surface area (Å²) in [5, 5.41) is 10.3. The van der Waals surface area contributed by atoms with E-state index in [1.165, 1.54) is 0 Å². The van der Waals surface area contributed by atoms with Gasteiger partial charge in [0.1, 0.15) is 6.61 Å². The maximum absolute atomic E-state index is 13.5. The van der Waals surface area contributed by atoms with Crippen molar-refractivity contribution < 1.29 is 29.0 Å². The molecule has 0 saturated carbocycles. The molecule has 1 heterocycles. The van der Waals surface area contributed by atoms with Gasteiger partial charge in [0.2, 0.25) is 0 Å². The SMILES string of the molecule is CCOc1cc(C2C3=C(CCCC3=O)N(CCC(=O)O)C3=C2C(=O)CCC3)cc(Cl)c1OCc1ccccc1Cl. The van der Waals surface area contributed by atoms with E-state index in [0.29, 0.717) is 83.4 Å². The standard InChI is InChI=1S/C31H31Cl2NO6/c1-2-39-26-16-19(15-21(33)31(26)40-17-18-7-3-4-8-20(18)32)28-29-22(9-5-11-24(29)35)34(14-13-27(37)38)23-10-6-12-25(36)30(23)28/h3-4,7-8,15-16,28H,2,5-6,9-14,17H2,1H3,(H,37,38). The first-order chi connectivity index (χ1) is 19.3. The minimum Gasteiger partial charge on any atom is -0.490 e. The van der Waals surface area contributed by atoms with Crippen LogP contribution in [0.3, 0.4) is 0 Å². The normalized spacial score (nSPS) is 17.6. The molecule has 9 heteroatoms. The molecule has 2 aliphatic carbocycles. The van der Waals surface area contributed by atoms with Crippen LogP contribution in [-0.2, 0) is 21.0 Å². The zero-order chi connectivity index (χ0) is 28.4. The van der Waals surface area contributed by atoms with E-state index in [1.54, 1.807) is 12.1 Å². The van der Waals surface area contributed by atoms with Gasteiger partial charge in [0.05, 0.1) is 18.1 Å². The minimum absolute atomic E-state index is 0.0235. The highest BCUT2D eigenvalue weighted by atomic mass is 35.5. The summed E-state index contributed by atoms with van der Waals surface area (Å²) < 4.78 is 12.1. The van der Waals surface area contributed by atoms with E-state index in [2.05, 4.69) is 0 Å². The lowest BCUT2D eigenvalue weighted by atomic mass is 9.71. The third-order valence-corrected chi connectivity index (χ3v) is 8.28. The van der Waals surface area contributed by atoms with Crippen LogP contribution in [0.15, 0.2) is 58.9 Å². The second-order valence-electron chi connectivity index (χ2n) is 10.1. The van der Waals surface area contributed by atoms with Crippen molar-refractivity contribution in [2.24, 2.45) is 0 Å². The summed E-state index contributed by atoms with van der Waals surface area (Å²) in [7, 11) is 0. The van der Waals surface area contributed by atoms with Gasteiger partial charge in [-0.1, -0.05) is 41.4 Å². The van der Waals surface area contributed by atoms with Crippen molar-refractivity contribution in [3.63, 3.8) is 0 Å². The fraction of sp³-hybridized carbons (Fsp3) is 0.387. The number of nitrogens with zero attached hydrogens (tertiary/aromatic N) is 1. The fourth-order valence-electron chi connectivity index (χ4n) is 5.95.